The molecule has 2 aromatic heterocycles. The number of aromatic nitrogens is 2. The van der Waals surface area contributed by atoms with E-state index < -0.39 is 35.1 Å². The number of carboxylic acids is 1. The summed E-state index contributed by atoms with van der Waals surface area (Å²) >= 11 is 2.37. The molecule has 4 amide bonds. The van der Waals surface area contributed by atoms with E-state index in [9.17, 15) is 29.1 Å². The van der Waals surface area contributed by atoms with Gasteiger partial charge in [0.1, 0.15) is 23.2 Å². The fourth-order valence-electron chi connectivity index (χ4n) is 3.95. The van der Waals surface area contributed by atoms with Crippen LogP contribution in [0.4, 0.5) is 5.13 Å². The van der Waals surface area contributed by atoms with Crippen LogP contribution in [0.2, 0.25) is 0 Å². The predicted octanol–water partition coefficient (Wildman–Crippen LogP) is -1.91. The average molecular weight is 572 g/mol. The molecule has 1 saturated heterocycles. The second-order valence-corrected chi connectivity index (χ2v) is 10.7. The maximum atomic E-state index is 13.2. The highest BCUT2D eigenvalue weighted by molar-refractivity contribution is 8.00. The molecule has 2 fully saturated rings. The number of anilines is 1. The number of thioether (sulfide) groups is 1. The summed E-state index contributed by atoms with van der Waals surface area (Å²) in [5, 5.41) is 22.1. The Bertz CT molecular complexity index is 1420. The van der Waals surface area contributed by atoms with Crippen LogP contribution in [0.5, 0.6) is 0 Å². The number of aliphatic carboxylic acids is 1. The molecule has 0 radical (unpaired) electrons. The number of nitrogens with two attached hydrogens (primary N) is 1. The molecule has 4 N–H and O–H groups in total. The van der Waals surface area contributed by atoms with Crippen molar-refractivity contribution in [1.82, 2.24) is 15.2 Å². The molecule has 3 aliphatic rings. The number of primary amides is 1. The number of rotatable bonds is 11. The van der Waals surface area contributed by atoms with Gasteiger partial charge >= 0.3 is 0 Å². The van der Waals surface area contributed by atoms with Gasteiger partial charge in [-0.05, 0) is 12.8 Å². The molecule has 0 aromatic carbocycles. The zero-order chi connectivity index (χ0) is 27.7. The van der Waals surface area contributed by atoms with Gasteiger partial charge in [-0.25, -0.2) is 9.55 Å². The molecule has 1 aliphatic carbocycles. The monoisotopic (exact) mass is 571 g/mol. The Morgan fingerprint density at radius 2 is 2.05 bits per heavy atom. The number of nitrogens with zero attached hydrogens (tertiary/aromatic N) is 4. The number of nitrogens with one attached hydrogen (secondary N) is 2. The van der Waals surface area contributed by atoms with Crippen LogP contribution in [0.1, 0.15) is 28.9 Å². The van der Waals surface area contributed by atoms with Crippen LogP contribution in [0.3, 0.4) is 0 Å². The minimum absolute atomic E-state index is 0.104. The Labute approximate surface area is 228 Å². The summed E-state index contributed by atoms with van der Waals surface area (Å²) in [7, 11) is 0. The third-order valence-corrected chi connectivity index (χ3v) is 8.15. The second kappa shape index (κ2) is 10.8. The number of amides is 4. The van der Waals surface area contributed by atoms with Gasteiger partial charge in [-0.2, -0.15) is 0 Å². The Morgan fingerprint density at radius 1 is 1.31 bits per heavy atom. The molecule has 39 heavy (non-hydrogen) atoms. The highest BCUT2D eigenvalue weighted by Gasteiger charge is 2.53. The maximum absolute atomic E-state index is 13.2. The van der Waals surface area contributed by atoms with E-state index in [-0.39, 0.29) is 40.6 Å². The Morgan fingerprint density at radius 3 is 2.69 bits per heavy atom. The fourth-order valence-corrected chi connectivity index (χ4v) is 5.94. The Kier molecular flexibility index (Phi) is 7.30. The number of fused-ring (bicyclic) bond motifs is 1. The van der Waals surface area contributed by atoms with Gasteiger partial charge in [-0.1, -0.05) is 5.16 Å². The first kappa shape index (κ1) is 26.3. The third kappa shape index (κ3) is 5.46. The molecule has 2 aromatic rings. The normalized spacial score (nSPS) is 20.6. The van der Waals surface area contributed by atoms with Crippen LogP contribution in [-0.2, 0) is 30.6 Å². The van der Waals surface area contributed by atoms with Crippen molar-refractivity contribution in [2.45, 2.75) is 36.9 Å². The van der Waals surface area contributed by atoms with E-state index in [1.807, 2.05) is 0 Å². The Hall–Kier alpha value is -4.31. The molecule has 2 aliphatic heterocycles. The van der Waals surface area contributed by atoms with Crippen LogP contribution < -0.4 is 26.0 Å². The summed E-state index contributed by atoms with van der Waals surface area (Å²) in [6.45, 7) is 0.138. The number of pyridine rings is 1. The van der Waals surface area contributed by atoms with Crippen LogP contribution in [0.15, 0.2) is 46.3 Å². The molecule has 4 heterocycles. The number of oxime groups is 1. The lowest BCUT2D eigenvalue weighted by Crippen LogP contribution is -2.71. The molecule has 14 nitrogen and oxygen atoms in total. The molecule has 5 rings (SSSR count). The number of β-lactam (4-membered cyclic amide) rings is 1. The van der Waals surface area contributed by atoms with Crippen LogP contribution >= 0.6 is 23.1 Å². The summed E-state index contributed by atoms with van der Waals surface area (Å²) in [6.07, 6.45) is 5.11. The second-order valence-electron chi connectivity index (χ2n) is 8.77. The lowest BCUT2D eigenvalue weighted by Gasteiger charge is -2.50. The SMILES string of the molecule is NC(=O)c1cc[n+](CC2=C(C(=O)[O-])N3C(=O)[C@@H](NC(=O)C(=NOC4CC4)c4csc(NC=O)n4)[C@H]3SC2)cc1. The van der Waals surface area contributed by atoms with Crippen LogP contribution in [0, 0.1) is 0 Å². The third-order valence-electron chi connectivity index (χ3n) is 6.04. The first-order chi connectivity index (χ1) is 18.8. The number of carbonyl (C=O) groups excluding carboxylic acids is 5. The van der Waals surface area contributed by atoms with Gasteiger partial charge in [0.25, 0.3) is 11.8 Å². The first-order valence-corrected chi connectivity index (χ1v) is 13.6. The summed E-state index contributed by atoms with van der Waals surface area (Å²) in [5.74, 6) is -3.19. The molecule has 202 valence electrons. The van der Waals surface area contributed by atoms with Gasteiger partial charge in [0.05, 0.1) is 17.2 Å². The Balaban J connectivity index is 1.32. The van der Waals surface area contributed by atoms with Crippen molar-refractivity contribution in [3.8, 4) is 0 Å². The molecular formula is C23H21N7O7S2. The molecule has 16 heteroatoms. The van der Waals surface area contributed by atoms with Crippen molar-refractivity contribution in [2.75, 3.05) is 11.1 Å². The zero-order valence-electron chi connectivity index (χ0n) is 20.1. The fraction of sp³-hybridized carbons (Fsp3) is 0.304. The van der Waals surface area contributed by atoms with E-state index in [1.165, 1.54) is 29.3 Å². The van der Waals surface area contributed by atoms with Gasteiger partial charge in [-0.3, -0.25) is 24.1 Å². The number of carbonyl (C=O) groups is 5. The minimum atomic E-state index is -1.51. The molecule has 0 bridgehead atoms. The summed E-state index contributed by atoms with van der Waals surface area (Å²) in [5.41, 5.74) is 5.72. The smallest absolute Gasteiger partial charge is 0.276 e. The van der Waals surface area contributed by atoms with Crippen LogP contribution in [0.25, 0.3) is 0 Å². The number of hydrogen-bond acceptors (Lipinski definition) is 11. The largest absolute Gasteiger partial charge is 0.543 e. The minimum Gasteiger partial charge on any atom is -0.543 e. The number of thiazole rings is 1. The van der Waals surface area contributed by atoms with Gasteiger partial charge in [0, 0.05) is 28.8 Å². The highest BCUT2D eigenvalue weighted by atomic mass is 32.2. The van der Waals surface area contributed by atoms with Crippen molar-refractivity contribution in [3.63, 3.8) is 0 Å². The quantitative estimate of drug-likeness (QED) is 0.0904. The summed E-state index contributed by atoms with van der Waals surface area (Å²) in [4.78, 5) is 70.9. The van der Waals surface area contributed by atoms with Crippen molar-refractivity contribution >= 4 is 64.0 Å². The summed E-state index contributed by atoms with van der Waals surface area (Å²) < 4.78 is 1.65. The first-order valence-electron chi connectivity index (χ1n) is 11.6. The lowest BCUT2D eigenvalue weighted by atomic mass is 10.0. The summed E-state index contributed by atoms with van der Waals surface area (Å²) in [6, 6.07) is 2.00. The van der Waals surface area contributed by atoms with E-state index in [2.05, 4.69) is 20.8 Å². The van der Waals surface area contributed by atoms with Gasteiger partial charge in [0.2, 0.25) is 12.3 Å². The van der Waals surface area contributed by atoms with Crippen molar-refractivity contribution in [1.29, 1.82) is 0 Å². The van der Waals surface area contributed by atoms with Crippen molar-refractivity contribution in [3.05, 3.63) is 52.4 Å². The molecule has 0 unspecified atom stereocenters. The lowest BCUT2D eigenvalue weighted by molar-refractivity contribution is -0.689. The highest BCUT2D eigenvalue weighted by Crippen LogP contribution is 2.40. The van der Waals surface area contributed by atoms with E-state index in [1.54, 1.807) is 17.0 Å². The van der Waals surface area contributed by atoms with Gasteiger partial charge in [-0.15, -0.1) is 23.1 Å². The van der Waals surface area contributed by atoms with Crippen molar-refractivity contribution < 1.29 is 38.5 Å². The zero-order valence-corrected chi connectivity index (χ0v) is 21.7. The van der Waals surface area contributed by atoms with E-state index >= 15 is 0 Å². The topological polar surface area (TPSA) is 200 Å². The standard InChI is InChI=1S/C23H21N7O7S2/c24-18(32)11-3-5-29(6-4-11)7-12-8-38-21-16(20(34)30(21)17(12)22(35)36)27-19(33)15(28-37-13-1-2-13)14-9-39-23(26-14)25-10-31/h3-6,9-10,13,16,21H,1-2,7-8H2,(H4-,24,25,26,27,31,32,33,35,36)/t16-,21-/m1/s1. The molecule has 2 atom stereocenters. The maximum Gasteiger partial charge on any atom is 0.276 e. The number of hydrogen-bond donors (Lipinski definition) is 3. The molecule has 0 spiro atoms. The number of carboxylic acid groups (broad SMARTS) is 1. The predicted molar refractivity (Wildman–Crippen MR) is 135 cm³/mol. The van der Waals surface area contributed by atoms with Crippen LogP contribution in [-0.4, -0.2) is 69.0 Å². The molecule has 1 saturated carbocycles. The average Bonchev–Trinajstić information content (AvgIpc) is 3.63. The van der Waals surface area contributed by atoms with Crippen molar-refractivity contribution in [2.24, 2.45) is 10.9 Å². The van der Waals surface area contributed by atoms with Gasteiger partial charge in [0.15, 0.2) is 29.8 Å². The molecular weight excluding hydrogens is 550 g/mol. The van der Waals surface area contributed by atoms with E-state index in [0.29, 0.717) is 17.5 Å². The van der Waals surface area contributed by atoms with E-state index in [4.69, 9.17) is 10.6 Å². The van der Waals surface area contributed by atoms with Gasteiger partial charge < -0.3 is 31.1 Å². The van der Waals surface area contributed by atoms with E-state index in [0.717, 1.165) is 29.1 Å².